The lowest BCUT2D eigenvalue weighted by atomic mass is 10.2. The van der Waals surface area contributed by atoms with E-state index in [2.05, 4.69) is 5.32 Å². The van der Waals surface area contributed by atoms with Crippen molar-refractivity contribution in [2.24, 2.45) is 0 Å². The third kappa shape index (κ3) is 0.658. The van der Waals surface area contributed by atoms with Crippen molar-refractivity contribution < 1.29 is 0 Å². The SMILES string of the molecule is Nc1ccc2c(c1)C=C[N]2. The molecule has 0 bridgehead atoms. The Morgan fingerprint density at radius 1 is 1.30 bits per heavy atom. The number of nitrogen functional groups attached to an aromatic ring is 1. The number of nitrogens with two attached hydrogens (primary N) is 1. The molecule has 1 aliphatic heterocycles. The van der Waals surface area contributed by atoms with Gasteiger partial charge in [0.2, 0.25) is 0 Å². The number of hydrogen-bond donors (Lipinski definition) is 1. The van der Waals surface area contributed by atoms with Crippen LogP contribution in [0.2, 0.25) is 0 Å². The Hall–Kier alpha value is -1.44. The van der Waals surface area contributed by atoms with Crippen LogP contribution in [-0.4, -0.2) is 0 Å². The molecule has 2 N–H and O–H groups in total. The first-order valence-corrected chi connectivity index (χ1v) is 3.13. The monoisotopic (exact) mass is 131 g/mol. The summed E-state index contributed by atoms with van der Waals surface area (Å²) in [4.78, 5) is 0. The standard InChI is InChI=1S/C8H7N2/c9-7-1-2-8-6(5-7)3-4-10-8/h1-5H,9H2. The first-order chi connectivity index (χ1) is 4.86. The summed E-state index contributed by atoms with van der Waals surface area (Å²) in [5.74, 6) is 0. The lowest BCUT2D eigenvalue weighted by Gasteiger charge is -1.96. The molecule has 10 heavy (non-hydrogen) atoms. The average molecular weight is 131 g/mol. The van der Waals surface area contributed by atoms with E-state index in [0.29, 0.717) is 0 Å². The molecule has 0 saturated carbocycles. The van der Waals surface area contributed by atoms with Crippen LogP contribution in [0.25, 0.3) is 6.08 Å². The van der Waals surface area contributed by atoms with Crippen molar-refractivity contribution in [3.63, 3.8) is 0 Å². The lowest BCUT2D eigenvalue weighted by Crippen LogP contribution is -1.86. The Labute approximate surface area is 59.4 Å². The van der Waals surface area contributed by atoms with Crippen LogP contribution < -0.4 is 11.1 Å². The largest absolute Gasteiger partial charge is 0.399 e. The average Bonchev–Trinajstić information content (AvgIpc) is 2.33. The van der Waals surface area contributed by atoms with Crippen molar-refractivity contribution in [2.45, 2.75) is 0 Å². The highest BCUT2D eigenvalue weighted by Gasteiger charge is 2.03. The summed E-state index contributed by atoms with van der Waals surface area (Å²) in [5, 5.41) is 4.10. The first kappa shape index (κ1) is 5.35. The minimum Gasteiger partial charge on any atom is -0.399 e. The second kappa shape index (κ2) is 1.77. The topological polar surface area (TPSA) is 40.1 Å². The summed E-state index contributed by atoms with van der Waals surface area (Å²) in [5.41, 5.74) is 8.47. The van der Waals surface area contributed by atoms with Crippen molar-refractivity contribution in [1.29, 1.82) is 0 Å². The summed E-state index contributed by atoms with van der Waals surface area (Å²) in [6.07, 6.45) is 3.73. The Balaban J connectivity index is 2.60. The maximum Gasteiger partial charge on any atom is 0.0704 e. The highest BCUT2D eigenvalue weighted by atomic mass is 14.9. The number of benzene rings is 1. The summed E-state index contributed by atoms with van der Waals surface area (Å²) >= 11 is 0. The molecule has 0 aromatic heterocycles. The van der Waals surface area contributed by atoms with Crippen molar-refractivity contribution in [3.05, 3.63) is 30.0 Å². The van der Waals surface area contributed by atoms with Gasteiger partial charge in [0.05, 0.1) is 5.69 Å². The van der Waals surface area contributed by atoms with Gasteiger partial charge in [-0.25, -0.2) is 0 Å². The van der Waals surface area contributed by atoms with Crippen LogP contribution in [0.1, 0.15) is 5.56 Å². The summed E-state index contributed by atoms with van der Waals surface area (Å²) in [6, 6.07) is 5.70. The molecule has 2 heteroatoms. The third-order valence-corrected chi connectivity index (χ3v) is 1.52. The van der Waals surface area contributed by atoms with E-state index in [0.717, 1.165) is 16.9 Å². The van der Waals surface area contributed by atoms with Crippen molar-refractivity contribution in [1.82, 2.24) is 5.32 Å². The fraction of sp³-hybridized carbons (Fsp3) is 0. The van der Waals surface area contributed by atoms with Gasteiger partial charge < -0.3 is 5.73 Å². The molecular weight excluding hydrogens is 124 g/mol. The van der Waals surface area contributed by atoms with Crippen LogP contribution in [0.4, 0.5) is 11.4 Å². The molecule has 0 atom stereocenters. The molecule has 1 aromatic carbocycles. The van der Waals surface area contributed by atoms with E-state index < -0.39 is 0 Å². The van der Waals surface area contributed by atoms with E-state index in [4.69, 9.17) is 5.73 Å². The number of hydrogen-bond acceptors (Lipinski definition) is 1. The highest BCUT2D eigenvalue weighted by molar-refractivity contribution is 5.72. The van der Waals surface area contributed by atoms with Gasteiger partial charge in [-0.1, -0.05) is 0 Å². The molecule has 1 heterocycles. The molecule has 0 spiro atoms. The molecule has 1 radical (unpaired) electrons. The zero-order valence-electron chi connectivity index (χ0n) is 5.41. The van der Waals surface area contributed by atoms with E-state index in [9.17, 15) is 0 Å². The van der Waals surface area contributed by atoms with E-state index in [-0.39, 0.29) is 0 Å². The number of nitrogens with zero attached hydrogens (tertiary/aromatic N) is 1. The van der Waals surface area contributed by atoms with Crippen molar-refractivity contribution >= 4 is 17.5 Å². The zero-order valence-corrected chi connectivity index (χ0v) is 5.41. The Kier molecular flexibility index (Phi) is 0.947. The molecule has 0 amide bonds. The van der Waals surface area contributed by atoms with Gasteiger partial charge in [0.15, 0.2) is 0 Å². The molecule has 2 rings (SSSR count). The molecule has 2 nitrogen and oxygen atoms in total. The van der Waals surface area contributed by atoms with Gasteiger partial charge in [-0.05, 0) is 24.3 Å². The first-order valence-electron chi connectivity index (χ1n) is 3.13. The van der Waals surface area contributed by atoms with Gasteiger partial charge in [0.25, 0.3) is 0 Å². The number of rotatable bonds is 0. The summed E-state index contributed by atoms with van der Waals surface area (Å²) in [6.45, 7) is 0. The summed E-state index contributed by atoms with van der Waals surface area (Å²) in [7, 11) is 0. The van der Waals surface area contributed by atoms with E-state index >= 15 is 0 Å². The smallest absolute Gasteiger partial charge is 0.0704 e. The Morgan fingerprint density at radius 2 is 2.20 bits per heavy atom. The second-order valence-electron chi connectivity index (χ2n) is 2.26. The van der Waals surface area contributed by atoms with Crippen LogP contribution in [0.5, 0.6) is 0 Å². The van der Waals surface area contributed by atoms with Crippen molar-refractivity contribution in [3.8, 4) is 0 Å². The van der Waals surface area contributed by atoms with Crippen LogP contribution in [0.3, 0.4) is 0 Å². The minimum absolute atomic E-state index is 0.792. The Morgan fingerprint density at radius 3 is 3.10 bits per heavy atom. The maximum absolute atomic E-state index is 5.56. The van der Waals surface area contributed by atoms with Crippen LogP contribution >= 0.6 is 0 Å². The fourth-order valence-corrected chi connectivity index (χ4v) is 1.02. The van der Waals surface area contributed by atoms with Gasteiger partial charge >= 0.3 is 0 Å². The fourth-order valence-electron chi connectivity index (χ4n) is 1.02. The molecule has 0 saturated heterocycles. The molecule has 49 valence electrons. The third-order valence-electron chi connectivity index (χ3n) is 1.52. The van der Waals surface area contributed by atoms with Crippen LogP contribution in [-0.2, 0) is 0 Å². The van der Waals surface area contributed by atoms with Crippen molar-refractivity contribution in [2.75, 3.05) is 5.73 Å². The van der Waals surface area contributed by atoms with Gasteiger partial charge in [-0.15, -0.1) is 0 Å². The van der Waals surface area contributed by atoms with E-state index in [1.807, 2.05) is 24.3 Å². The van der Waals surface area contributed by atoms with Gasteiger partial charge in [0.1, 0.15) is 0 Å². The zero-order chi connectivity index (χ0) is 6.97. The van der Waals surface area contributed by atoms with E-state index in [1.54, 1.807) is 6.20 Å². The molecule has 0 aliphatic carbocycles. The molecule has 1 aliphatic rings. The van der Waals surface area contributed by atoms with Crippen LogP contribution in [0, 0.1) is 0 Å². The second-order valence-corrected chi connectivity index (χ2v) is 2.26. The molecule has 1 aromatic rings. The predicted molar refractivity (Wildman–Crippen MR) is 41.7 cm³/mol. The molecule has 0 fully saturated rings. The molecule has 0 unspecified atom stereocenters. The van der Waals surface area contributed by atoms with Gasteiger partial charge in [0, 0.05) is 17.5 Å². The van der Waals surface area contributed by atoms with Gasteiger partial charge in [-0.3, -0.25) is 5.32 Å². The number of fused-ring (bicyclic) bond motifs is 1. The number of anilines is 1. The lowest BCUT2D eigenvalue weighted by molar-refractivity contribution is 1.22. The predicted octanol–water partition coefficient (Wildman–Crippen LogP) is 1.49. The van der Waals surface area contributed by atoms with E-state index in [1.165, 1.54) is 0 Å². The Bertz CT molecular complexity index is 289. The van der Waals surface area contributed by atoms with Gasteiger partial charge in [-0.2, -0.15) is 0 Å². The normalized spacial score (nSPS) is 12.8. The summed E-state index contributed by atoms with van der Waals surface area (Å²) < 4.78 is 0. The molecular formula is C8H7N2. The minimum atomic E-state index is 0.792. The maximum atomic E-state index is 5.56. The quantitative estimate of drug-likeness (QED) is 0.532. The van der Waals surface area contributed by atoms with Crippen LogP contribution in [0.15, 0.2) is 24.4 Å². The highest BCUT2D eigenvalue weighted by Crippen LogP contribution is 2.24.